The summed E-state index contributed by atoms with van der Waals surface area (Å²) < 4.78 is 5.57. The van der Waals surface area contributed by atoms with Gasteiger partial charge >= 0.3 is 5.97 Å². The van der Waals surface area contributed by atoms with Gasteiger partial charge in [0, 0.05) is 23.1 Å². The van der Waals surface area contributed by atoms with Crippen LogP contribution >= 0.6 is 23.2 Å². The summed E-state index contributed by atoms with van der Waals surface area (Å²) in [7, 11) is 0. The average molecular weight is 301 g/mol. The molecule has 0 bridgehead atoms. The molecule has 0 saturated carbocycles. The number of hydrogen-bond donors (Lipinski definition) is 1. The number of ether oxygens (including phenoxy) is 1. The first-order chi connectivity index (χ1) is 8.90. The third-order valence-electron chi connectivity index (χ3n) is 2.22. The van der Waals surface area contributed by atoms with Crippen LogP contribution in [0, 0.1) is 0 Å². The molecular formula is C14H14Cl2O3. The van der Waals surface area contributed by atoms with Crippen LogP contribution in [0.5, 0.6) is 5.75 Å². The molecule has 1 rings (SSSR count). The molecule has 0 unspecified atom stereocenters. The Balaban J connectivity index is 2.99. The monoisotopic (exact) mass is 300 g/mol. The quantitative estimate of drug-likeness (QED) is 0.624. The molecule has 0 aliphatic carbocycles. The Labute approximate surface area is 122 Å². The van der Waals surface area contributed by atoms with Gasteiger partial charge in [-0.05, 0) is 25.1 Å². The number of carboxylic acids is 1. The van der Waals surface area contributed by atoms with Gasteiger partial charge in [-0.1, -0.05) is 28.8 Å². The maximum atomic E-state index is 10.6. The molecule has 5 heteroatoms. The highest BCUT2D eigenvalue weighted by Crippen LogP contribution is 2.33. The summed E-state index contributed by atoms with van der Waals surface area (Å²) >= 11 is 11.9. The van der Waals surface area contributed by atoms with Gasteiger partial charge in [0.25, 0.3) is 0 Å². The van der Waals surface area contributed by atoms with E-state index in [9.17, 15) is 4.79 Å². The van der Waals surface area contributed by atoms with E-state index in [0.717, 1.165) is 11.6 Å². The molecule has 0 spiro atoms. The minimum absolute atomic E-state index is 0.347. The Hall–Kier alpha value is -1.45. The first kappa shape index (κ1) is 15.6. The van der Waals surface area contributed by atoms with Gasteiger partial charge in [0.1, 0.15) is 5.75 Å². The standard InChI is InChI=1S/C14H14Cl2O3/c1-9(2)5-6-19-14-10(3-4-13(17)18)7-11(15)8-12(14)16/h3-4,7-8H,1,5-6H2,2H3,(H,17,18)/b4-3+. The van der Waals surface area contributed by atoms with E-state index < -0.39 is 5.97 Å². The maximum absolute atomic E-state index is 10.6. The SMILES string of the molecule is C=C(C)CCOc1c(Cl)cc(Cl)cc1/C=C/C(=O)O. The molecule has 0 heterocycles. The zero-order valence-electron chi connectivity index (χ0n) is 10.5. The average Bonchev–Trinajstić information content (AvgIpc) is 2.28. The highest BCUT2D eigenvalue weighted by Gasteiger charge is 2.09. The molecule has 19 heavy (non-hydrogen) atoms. The van der Waals surface area contributed by atoms with Crippen molar-refractivity contribution < 1.29 is 14.6 Å². The van der Waals surface area contributed by atoms with Gasteiger partial charge in [-0.3, -0.25) is 0 Å². The van der Waals surface area contributed by atoms with Gasteiger partial charge in [-0.15, -0.1) is 6.58 Å². The van der Waals surface area contributed by atoms with Crippen molar-refractivity contribution in [2.45, 2.75) is 13.3 Å². The molecule has 3 nitrogen and oxygen atoms in total. The molecule has 0 aliphatic rings. The van der Waals surface area contributed by atoms with Crippen molar-refractivity contribution >= 4 is 35.2 Å². The Morgan fingerprint density at radius 2 is 2.16 bits per heavy atom. The molecule has 0 aliphatic heterocycles. The summed E-state index contributed by atoms with van der Waals surface area (Å²) in [5.74, 6) is -0.631. The van der Waals surface area contributed by atoms with Gasteiger partial charge < -0.3 is 9.84 Å². The predicted molar refractivity (Wildman–Crippen MR) is 78.1 cm³/mol. The van der Waals surface area contributed by atoms with E-state index in [4.69, 9.17) is 33.0 Å². The summed E-state index contributed by atoms with van der Waals surface area (Å²) in [5, 5.41) is 9.41. The Morgan fingerprint density at radius 3 is 2.74 bits per heavy atom. The molecule has 1 aromatic carbocycles. The van der Waals surface area contributed by atoms with Crippen LogP contribution in [0.3, 0.4) is 0 Å². The molecule has 1 N–H and O–H groups in total. The molecular weight excluding hydrogens is 287 g/mol. The van der Waals surface area contributed by atoms with Gasteiger partial charge in [0.2, 0.25) is 0 Å². The second kappa shape index (κ2) is 7.22. The molecule has 102 valence electrons. The number of carboxylic acid groups (broad SMARTS) is 1. The second-order valence-corrected chi connectivity index (χ2v) is 4.88. The van der Waals surface area contributed by atoms with E-state index in [0.29, 0.717) is 34.4 Å². The summed E-state index contributed by atoms with van der Waals surface area (Å²) in [6.45, 7) is 6.10. The van der Waals surface area contributed by atoms with Crippen LogP contribution in [-0.2, 0) is 4.79 Å². The van der Waals surface area contributed by atoms with Crippen LogP contribution in [0.15, 0.2) is 30.4 Å². The van der Waals surface area contributed by atoms with Crippen LogP contribution < -0.4 is 4.74 Å². The van der Waals surface area contributed by atoms with Crippen molar-refractivity contribution in [1.82, 2.24) is 0 Å². The van der Waals surface area contributed by atoms with Crippen molar-refractivity contribution in [3.8, 4) is 5.75 Å². The maximum Gasteiger partial charge on any atom is 0.328 e. The first-order valence-corrected chi connectivity index (χ1v) is 6.33. The van der Waals surface area contributed by atoms with Crippen LogP contribution in [0.2, 0.25) is 10.0 Å². The Bertz CT molecular complexity index is 522. The number of carbonyl (C=O) groups is 1. The zero-order valence-corrected chi connectivity index (χ0v) is 12.0. The molecule has 1 aromatic rings. The van der Waals surface area contributed by atoms with E-state index in [1.165, 1.54) is 6.08 Å². The highest BCUT2D eigenvalue weighted by atomic mass is 35.5. The summed E-state index contributed by atoms with van der Waals surface area (Å²) in [6.07, 6.45) is 3.10. The van der Waals surface area contributed by atoms with Crippen LogP contribution in [-0.4, -0.2) is 17.7 Å². The van der Waals surface area contributed by atoms with Crippen molar-refractivity contribution in [3.05, 3.63) is 46.0 Å². The van der Waals surface area contributed by atoms with E-state index in [-0.39, 0.29) is 0 Å². The molecule has 0 aromatic heterocycles. The highest BCUT2D eigenvalue weighted by molar-refractivity contribution is 6.35. The smallest absolute Gasteiger partial charge is 0.328 e. The van der Waals surface area contributed by atoms with Crippen LogP contribution in [0.1, 0.15) is 18.9 Å². The molecule has 0 atom stereocenters. The first-order valence-electron chi connectivity index (χ1n) is 5.57. The fourth-order valence-electron chi connectivity index (χ4n) is 1.34. The van der Waals surface area contributed by atoms with E-state index in [1.54, 1.807) is 12.1 Å². The molecule has 0 fully saturated rings. The lowest BCUT2D eigenvalue weighted by Gasteiger charge is -2.11. The molecule has 0 saturated heterocycles. The largest absolute Gasteiger partial charge is 0.491 e. The second-order valence-electron chi connectivity index (χ2n) is 4.03. The number of benzene rings is 1. The lowest BCUT2D eigenvalue weighted by molar-refractivity contribution is -0.131. The Kier molecular flexibility index (Phi) is 5.93. The minimum atomic E-state index is -1.05. The number of hydrogen-bond acceptors (Lipinski definition) is 2. The van der Waals surface area contributed by atoms with E-state index >= 15 is 0 Å². The summed E-state index contributed by atoms with van der Waals surface area (Å²) in [6, 6.07) is 3.15. The van der Waals surface area contributed by atoms with Crippen molar-refractivity contribution in [2.75, 3.05) is 6.61 Å². The van der Waals surface area contributed by atoms with Gasteiger partial charge in [0.05, 0.1) is 11.6 Å². The van der Waals surface area contributed by atoms with Crippen molar-refractivity contribution in [2.24, 2.45) is 0 Å². The normalized spacial score (nSPS) is 10.7. The van der Waals surface area contributed by atoms with Gasteiger partial charge in [0.15, 0.2) is 0 Å². The predicted octanol–water partition coefficient (Wildman–Crippen LogP) is 4.44. The van der Waals surface area contributed by atoms with Crippen LogP contribution in [0.25, 0.3) is 6.08 Å². The summed E-state index contributed by atoms with van der Waals surface area (Å²) in [5.41, 5.74) is 1.52. The van der Waals surface area contributed by atoms with E-state index in [2.05, 4.69) is 6.58 Å². The topological polar surface area (TPSA) is 46.5 Å². The molecule has 0 amide bonds. The molecule has 0 radical (unpaired) electrons. The third kappa shape index (κ3) is 5.37. The van der Waals surface area contributed by atoms with Crippen molar-refractivity contribution in [3.63, 3.8) is 0 Å². The number of rotatable bonds is 6. The third-order valence-corrected chi connectivity index (χ3v) is 2.72. The van der Waals surface area contributed by atoms with Gasteiger partial charge in [-0.2, -0.15) is 0 Å². The lowest BCUT2D eigenvalue weighted by atomic mass is 10.2. The zero-order chi connectivity index (χ0) is 14.4. The van der Waals surface area contributed by atoms with Crippen molar-refractivity contribution in [1.29, 1.82) is 0 Å². The van der Waals surface area contributed by atoms with Gasteiger partial charge in [-0.25, -0.2) is 4.79 Å². The lowest BCUT2D eigenvalue weighted by Crippen LogP contribution is -2.00. The fraction of sp³-hybridized carbons (Fsp3) is 0.214. The number of aliphatic carboxylic acids is 1. The Morgan fingerprint density at radius 1 is 1.47 bits per heavy atom. The summed E-state index contributed by atoms with van der Waals surface area (Å²) in [4.78, 5) is 10.6. The number of halogens is 2. The fourth-order valence-corrected chi connectivity index (χ4v) is 1.91. The minimum Gasteiger partial charge on any atom is -0.491 e. The van der Waals surface area contributed by atoms with Crippen LogP contribution in [0.4, 0.5) is 0 Å². The van der Waals surface area contributed by atoms with E-state index in [1.807, 2.05) is 6.92 Å².